The molecule has 5 nitrogen and oxygen atoms in total. The lowest BCUT2D eigenvalue weighted by molar-refractivity contribution is 0.340. The summed E-state index contributed by atoms with van der Waals surface area (Å²) in [4.78, 5) is 4.56. The van der Waals surface area contributed by atoms with E-state index < -0.39 is 9.84 Å². The first-order valence-corrected chi connectivity index (χ1v) is 8.50. The SMILES string of the molecule is CCOc1cccnc1NCc1ccc(S(C)(=O)=O)cc1. The summed E-state index contributed by atoms with van der Waals surface area (Å²) in [6.07, 6.45) is 2.89. The Hall–Kier alpha value is -2.08. The third-order valence-corrected chi connectivity index (χ3v) is 4.01. The van der Waals surface area contributed by atoms with Gasteiger partial charge in [-0.3, -0.25) is 0 Å². The minimum absolute atomic E-state index is 0.319. The number of hydrogen-bond donors (Lipinski definition) is 1. The molecular weight excluding hydrogens is 288 g/mol. The highest BCUT2D eigenvalue weighted by atomic mass is 32.2. The molecule has 6 heteroatoms. The molecule has 21 heavy (non-hydrogen) atoms. The fourth-order valence-electron chi connectivity index (χ4n) is 1.84. The van der Waals surface area contributed by atoms with Gasteiger partial charge in [0.15, 0.2) is 21.4 Å². The maximum Gasteiger partial charge on any atom is 0.175 e. The van der Waals surface area contributed by atoms with Crippen molar-refractivity contribution < 1.29 is 13.2 Å². The van der Waals surface area contributed by atoms with Crippen molar-refractivity contribution in [1.29, 1.82) is 0 Å². The quantitative estimate of drug-likeness (QED) is 0.888. The van der Waals surface area contributed by atoms with Gasteiger partial charge >= 0.3 is 0 Å². The van der Waals surface area contributed by atoms with Crippen LogP contribution < -0.4 is 10.1 Å². The molecule has 0 amide bonds. The summed E-state index contributed by atoms with van der Waals surface area (Å²) < 4.78 is 28.3. The van der Waals surface area contributed by atoms with Crippen LogP contribution in [0.4, 0.5) is 5.82 Å². The Bertz CT molecular complexity index is 697. The number of anilines is 1. The van der Waals surface area contributed by atoms with E-state index in [-0.39, 0.29) is 0 Å². The Morgan fingerprint density at radius 2 is 1.90 bits per heavy atom. The molecule has 1 aromatic carbocycles. The second-order valence-corrected chi connectivity index (χ2v) is 6.57. The Labute approximate surface area is 124 Å². The first-order chi connectivity index (χ1) is 10.0. The molecule has 1 heterocycles. The molecule has 0 radical (unpaired) electrons. The van der Waals surface area contributed by atoms with Crippen LogP contribution in [0.25, 0.3) is 0 Å². The second-order valence-electron chi connectivity index (χ2n) is 4.55. The average Bonchev–Trinajstić information content (AvgIpc) is 2.46. The van der Waals surface area contributed by atoms with Crippen molar-refractivity contribution >= 4 is 15.7 Å². The van der Waals surface area contributed by atoms with Gasteiger partial charge < -0.3 is 10.1 Å². The summed E-state index contributed by atoms with van der Waals surface area (Å²) >= 11 is 0. The third-order valence-electron chi connectivity index (χ3n) is 2.88. The molecule has 0 saturated heterocycles. The standard InChI is InChI=1S/C15H18N2O3S/c1-3-20-14-5-4-10-16-15(14)17-11-12-6-8-13(9-7-12)21(2,18)19/h4-10H,3,11H2,1-2H3,(H,16,17). The number of hydrogen-bond acceptors (Lipinski definition) is 5. The Balaban J connectivity index is 2.07. The molecule has 112 valence electrons. The van der Waals surface area contributed by atoms with E-state index in [0.29, 0.717) is 29.6 Å². The van der Waals surface area contributed by atoms with Crippen LogP contribution in [0.3, 0.4) is 0 Å². The molecule has 2 rings (SSSR count). The lowest BCUT2D eigenvalue weighted by atomic mass is 10.2. The van der Waals surface area contributed by atoms with Gasteiger partial charge in [-0.25, -0.2) is 13.4 Å². The van der Waals surface area contributed by atoms with E-state index in [1.165, 1.54) is 6.26 Å². The molecular formula is C15H18N2O3S. The number of benzene rings is 1. The van der Waals surface area contributed by atoms with Crippen molar-refractivity contribution in [3.63, 3.8) is 0 Å². The van der Waals surface area contributed by atoms with Crippen molar-refractivity contribution in [3.05, 3.63) is 48.2 Å². The van der Waals surface area contributed by atoms with Crippen LogP contribution in [0.15, 0.2) is 47.5 Å². The van der Waals surface area contributed by atoms with E-state index in [4.69, 9.17) is 4.74 Å². The molecule has 0 atom stereocenters. The Morgan fingerprint density at radius 1 is 1.19 bits per heavy atom. The molecule has 0 bridgehead atoms. The lowest BCUT2D eigenvalue weighted by Crippen LogP contribution is -2.05. The van der Waals surface area contributed by atoms with Crippen molar-refractivity contribution in [1.82, 2.24) is 4.98 Å². The van der Waals surface area contributed by atoms with E-state index in [1.54, 1.807) is 30.5 Å². The number of sulfone groups is 1. The zero-order valence-corrected chi connectivity index (χ0v) is 12.9. The molecule has 2 aromatic rings. The number of nitrogens with zero attached hydrogens (tertiary/aromatic N) is 1. The van der Waals surface area contributed by atoms with Crippen molar-refractivity contribution in [2.75, 3.05) is 18.2 Å². The summed E-state index contributed by atoms with van der Waals surface area (Å²) in [7, 11) is -3.15. The monoisotopic (exact) mass is 306 g/mol. The molecule has 0 saturated carbocycles. The zero-order valence-electron chi connectivity index (χ0n) is 12.0. The first kappa shape index (κ1) is 15.3. The van der Waals surface area contributed by atoms with Crippen molar-refractivity contribution in [2.45, 2.75) is 18.4 Å². The molecule has 1 N–H and O–H groups in total. The molecule has 0 unspecified atom stereocenters. The first-order valence-electron chi connectivity index (χ1n) is 6.61. The summed E-state index contributed by atoms with van der Waals surface area (Å²) in [5.41, 5.74) is 0.968. The fraction of sp³-hybridized carbons (Fsp3) is 0.267. The van der Waals surface area contributed by atoms with E-state index >= 15 is 0 Å². The van der Waals surface area contributed by atoms with Gasteiger partial charge in [-0.15, -0.1) is 0 Å². The highest BCUT2D eigenvalue weighted by molar-refractivity contribution is 7.90. The molecule has 0 aliphatic rings. The summed E-state index contributed by atoms with van der Waals surface area (Å²) in [6.45, 7) is 3.03. The van der Waals surface area contributed by atoms with Crippen LogP contribution in [-0.2, 0) is 16.4 Å². The highest BCUT2D eigenvalue weighted by Gasteiger charge is 2.07. The zero-order chi connectivity index (χ0) is 15.3. The van der Waals surface area contributed by atoms with Gasteiger partial charge in [0, 0.05) is 19.0 Å². The van der Waals surface area contributed by atoms with Crippen LogP contribution >= 0.6 is 0 Å². The van der Waals surface area contributed by atoms with Crippen LogP contribution in [0.2, 0.25) is 0 Å². The van der Waals surface area contributed by atoms with Gasteiger partial charge in [-0.2, -0.15) is 0 Å². The van der Waals surface area contributed by atoms with Crippen LogP contribution in [-0.4, -0.2) is 26.3 Å². The van der Waals surface area contributed by atoms with Crippen LogP contribution in [0.5, 0.6) is 5.75 Å². The maximum absolute atomic E-state index is 11.4. The van der Waals surface area contributed by atoms with Gasteiger partial charge in [0.2, 0.25) is 0 Å². The van der Waals surface area contributed by atoms with Crippen LogP contribution in [0, 0.1) is 0 Å². The molecule has 0 aliphatic carbocycles. The maximum atomic E-state index is 11.4. The predicted octanol–water partition coefficient (Wildman–Crippen LogP) is 2.50. The Morgan fingerprint density at radius 3 is 2.52 bits per heavy atom. The Kier molecular flexibility index (Phi) is 4.80. The van der Waals surface area contributed by atoms with Crippen molar-refractivity contribution in [3.8, 4) is 5.75 Å². The van der Waals surface area contributed by atoms with Gasteiger partial charge in [-0.1, -0.05) is 12.1 Å². The fourth-order valence-corrected chi connectivity index (χ4v) is 2.47. The molecule has 0 spiro atoms. The van der Waals surface area contributed by atoms with E-state index in [1.807, 2.05) is 19.1 Å². The third kappa shape index (κ3) is 4.19. The number of ether oxygens (including phenoxy) is 1. The largest absolute Gasteiger partial charge is 0.490 e. The van der Waals surface area contributed by atoms with Crippen molar-refractivity contribution in [2.24, 2.45) is 0 Å². The summed E-state index contributed by atoms with van der Waals surface area (Å²) in [6, 6.07) is 10.4. The molecule has 1 aromatic heterocycles. The predicted molar refractivity (Wildman–Crippen MR) is 82.3 cm³/mol. The van der Waals surface area contributed by atoms with Gasteiger partial charge in [0.05, 0.1) is 11.5 Å². The number of aromatic nitrogens is 1. The van der Waals surface area contributed by atoms with Gasteiger partial charge in [-0.05, 0) is 36.8 Å². The number of rotatable bonds is 6. The normalized spacial score (nSPS) is 11.1. The van der Waals surface area contributed by atoms with Gasteiger partial charge in [0.25, 0.3) is 0 Å². The van der Waals surface area contributed by atoms with E-state index in [0.717, 1.165) is 5.56 Å². The number of pyridine rings is 1. The van der Waals surface area contributed by atoms with Crippen LogP contribution in [0.1, 0.15) is 12.5 Å². The minimum atomic E-state index is -3.15. The molecule has 0 fully saturated rings. The summed E-state index contributed by atoms with van der Waals surface area (Å²) in [5, 5.41) is 3.19. The van der Waals surface area contributed by atoms with E-state index in [9.17, 15) is 8.42 Å². The van der Waals surface area contributed by atoms with Gasteiger partial charge in [0.1, 0.15) is 0 Å². The summed E-state index contributed by atoms with van der Waals surface area (Å²) in [5.74, 6) is 1.37. The molecule has 0 aliphatic heterocycles. The minimum Gasteiger partial charge on any atom is -0.490 e. The van der Waals surface area contributed by atoms with E-state index in [2.05, 4.69) is 10.3 Å². The smallest absolute Gasteiger partial charge is 0.175 e. The number of nitrogens with one attached hydrogen (secondary N) is 1. The topological polar surface area (TPSA) is 68.3 Å². The highest BCUT2D eigenvalue weighted by Crippen LogP contribution is 2.21. The lowest BCUT2D eigenvalue weighted by Gasteiger charge is -2.11. The average molecular weight is 306 g/mol. The second kappa shape index (κ2) is 6.58.